The average Bonchev–Trinajstić information content (AvgIpc) is 2.82. The average molecular weight is 488 g/mol. The van der Waals surface area contributed by atoms with Gasteiger partial charge in [-0.15, -0.1) is 0 Å². The standard InChI is InChI=1S/C18H29NO6.Cs/c1-6-13(20)7-8-15(21)19-11-18-16(24-17(4,5)25-18)14(9-10-22-18)23-12(2)3;/h9,14,16H,6-8,10-11H2,1-5H3,(H,19,21);/q-2;+1/t14-,16+,18+;/m1./s1. The number of Topliss-reactive ketones (excluding diaryl/α,β-unsaturated/α-hetero) is 1. The van der Waals surface area contributed by atoms with E-state index in [0.29, 0.717) is 13.0 Å². The van der Waals surface area contributed by atoms with Crippen molar-refractivity contribution in [2.24, 2.45) is 0 Å². The van der Waals surface area contributed by atoms with Crippen LogP contribution < -0.4 is 74.2 Å². The van der Waals surface area contributed by atoms with Crippen LogP contribution in [0.15, 0.2) is 0 Å². The number of amides is 1. The molecular formula is C18H29CsNO6-. The first-order valence-corrected chi connectivity index (χ1v) is 8.78. The summed E-state index contributed by atoms with van der Waals surface area (Å²) in [6, 6.07) is 0. The van der Waals surface area contributed by atoms with Crippen molar-refractivity contribution >= 4 is 11.7 Å². The number of rotatable bonds is 8. The molecule has 0 aromatic carbocycles. The van der Waals surface area contributed by atoms with Crippen molar-refractivity contribution in [3.05, 3.63) is 12.5 Å². The molecule has 2 rings (SSSR count). The van der Waals surface area contributed by atoms with Gasteiger partial charge in [0.1, 0.15) is 11.9 Å². The van der Waals surface area contributed by atoms with Crippen LogP contribution in [0.5, 0.6) is 0 Å². The Morgan fingerprint density at radius 2 is 2.00 bits per heavy atom. The number of hydrogen-bond acceptors (Lipinski definition) is 6. The minimum atomic E-state index is -1.11. The molecule has 0 bridgehead atoms. The maximum Gasteiger partial charge on any atom is 1.00 e. The third kappa shape index (κ3) is 6.82. The van der Waals surface area contributed by atoms with E-state index in [9.17, 15) is 9.59 Å². The van der Waals surface area contributed by atoms with Gasteiger partial charge in [-0.2, -0.15) is 13.8 Å². The molecule has 0 aromatic rings. The van der Waals surface area contributed by atoms with E-state index in [1.54, 1.807) is 20.8 Å². The van der Waals surface area contributed by atoms with Gasteiger partial charge in [0.25, 0.3) is 0 Å². The normalized spacial score (nSPS) is 29.8. The molecule has 26 heavy (non-hydrogen) atoms. The Morgan fingerprint density at radius 3 is 2.62 bits per heavy atom. The zero-order valence-corrected chi connectivity index (χ0v) is 23.0. The van der Waals surface area contributed by atoms with Gasteiger partial charge in [0.05, 0.1) is 6.54 Å². The van der Waals surface area contributed by atoms with Crippen LogP contribution in [0, 0.1) is 12.5 Å². The summed E-state index contributed by atoms with van der Waals surface area (Å²) in [5.41, 5.74) is 0. The van der Waals surface area contributed by atoms with Gasteiger partial charge >= 0.3 is 68.9 Å². The topological polar surface area (TPSA) is 83.1 Å². The predicted molar refractivity (Wildman–Crippen MR) is 90.0 cm³/mol. The van der Waals surface area contributed by atoms with Crippen LogP contribution in [-0.4, -0.2) is 48.6 Å². The van der Waals surface area contributed by atoms with Crippen molar-refractivity contribution < 1.29 is 97.4 Å². The Bertz CT molecular complexity index is 498. The fraction of sp³-hybridized carbons (Fsp3) is 0.778. The fourth-order valence-electron chi connectivity index (χ4n) is 3.04. The van der Waals surface area contributed by atoms with E-state index in [1.807, 2.05) is 20.3 Å². The number of ketones is 1. The van der Waals surface area contributed by atoms with Crippen LogP contribution in [-0.2, 0) is 28.5 Å². The van der Waals surface area contributed by atoms with Gasteiger partial charge in [-0.3, -0.25) is 16.0 Å². The van der Waals surface area contributed by atoms with Crippen molar-refractivity contribution in [3.63, 3.8) is 0 Å². The van der Waals surface area contributed by atoms with E-state index in [0.717, 1.165) is 6.10 Å². The van der Waals surface area contributed by atoms with Gasteiger partial charge in [-0.1, -0.05) is 19.6 Å². The molecule has 0 unspecified atom stereocenters. The van der Waals surface area contributed by atoms with Crippen molar-refractivity contribution in [3.8, 4) is 0 Å². The zero-order valence-electron chi connectivity index (χ0n) is 16.7. The number of nitrogens with one attached hydrogen (secondary N) is 1. The molecule has 144 valence electrons. The fourth-order valence-corrected chi connectivity index (χ4v) is 3.04. The molecule has 2 heterocycles. The van der Waals surface area contributed by atoms with E-state index in [4.69, 9.17) is 18.9 Å². The molecule has 0 aromatic heterocycles. The maximum absolute atomic E-state index is 12.1. The molecular weight excluding hydrogens is 459 g/mol. The van der Waals surface area contributed by atoms with E-state index in [-0.39, 0.29) is 106 Å². The molecule has 3 atom stereocenters. The largest absolute Gasteiger partial charge is 1.00 e. The first-order chi connectivity index (χ1) is 11.7. The smallest absolute Gasteiger partial charge is 0.569 e. The number of ether oxygens (including phenoxy) is 4. The van der Waals surface area contributed by atoms with E-state index in [1.165, 1.54) is 0 Å². The van der Waals surface area contributed by atoms with Crippen LogP contribution in [0.25, 0.3) is 0 Å². The molecule has 8 heteroatoms. The van der Waals surface area contributed by atoms with Crippen LogP contribution in [0.1, 0.15) is 53.9 Å². The maximum atomic E-state index is 12.1. The van der Waals surface area contributed by atoms with Gasteiger partial charge in [-0.05, 0) is 13.8 Å². The quantitative estimate of drug-likeness (QED) is 0.438. The Hall–Kier alpha value is 1.03. The third-order valence-corrected chi connectivity index (χ3v) is 4.15. The summed E-state index contributed by atoms with van der Waals surface area (Å²) in [6.07, 6.45) is 2.73. The Morgan fingerprint density at radius 1 is 1.31 bits per heavy atom. The summed E-state index contributed by atoms with van der Waals surface area (Å²) in [6.45, 7) is 9.61. The summed E-state index contributed by atoms with van der Waals surface area (Å²) in [4.78, 5) is 23.4. The third-order valence-electron chi connectivity index (χ3n) is 4.15. The molecule has 7 nitrogen and oxygen atoms in total. The monoisotopic (exact) mass is 488 g/mol. The van der Waals surface area contributed by atoms with Crippen LogP contribution in [0.4, 0.5) is 0 Å². The molecule has 1 amide bonds. The van der Waals surface area contributed by atoms with E-state index in [2.05, 4.69) is 5.32 Å². The van der Waals surface area contributed by atoms with Gasteiger partial charge < -0.3 is 24.3 Å². The first-order valence-electron chi connectivity index (χ1n) is 8.78. The molecule has 0 radical (unpaired) electrons. The Balaban J connectivity index is 0.00000338. The van der Waals surface area contributed by atoms with Gasteiger partial charge in [0, 0.05) is 19.3 Å². The summed E-state index contributed by atoms with van der Waals surface area (Å²) < 4.78 is 23.7. The number of carbonyl (C=O) groups excluding carboxylic acids is 2. The Labute approximate surface area is 215 Å². The van der Waals surface area contributed by atoms with Crippen molar-refractivity contribution in [1.29, 1.82) is 0 Å². The first kappa shape index (κ1) is 25.1. The van der Waals surface area contributed by atoms with Crippen LogP contribution in [0.3, 0.4) is 0 Å². The van der Waals surface area contributed by atoms with E-state index >= 15 is 0 Å². The van der Waals surface area contributed by atoms with Gasteiger partial charge in [0.15, 0.2) is 5.79 Å². The van der Waals surface area contributed by atoms with Crippen molar-refractivity contribution in [2.75, 3.05) is 13.2 Å². The molecule has 2 saturated heterocycles. The molecule has 1 N–H and O–H groups in total. The second-order valence-corrected chi connectivity index (χ2v) is 7.06. The second kappa shape index (κ2) is 10.7. The summed E-state index contributed by atoms with van der Waals surface area (Å²) >= 11 is 0. The van der Waals surface area contributed by atoms with E-state index < -0.39 is 17.7 Å². The SMILES string of the molecule is CCC(=O)CCC(=O)NC[C@@]12OC[CH-][C@@H](O[C-](C)C)[C@@H]1OC(C)(C)O2.[Cs+]. The number of hydrogen-bond donors (Lipinski definition) is 1. The van der Waals surface area contributed by atoms with Crippen LogP contribution in [0.2, 0.25) is 0 Å². The minimum Gasteiger partial charge on any atom is -0.569 e. The molecule has 2 aliphatic rings. The summed E-state index contributed by atoms with van der Waals surface area (Å²) in [5.74, 6) is -2.10. The van der Waals surface area contributed by atoms with Gasteiger partial charge in [-0.25, -0.2) is 6.10 Å². The molecule has 0 saturated carbocycles. The zero-order chi connectivity index (χ0) is 18.7. The second-order valence-electron chi connectivity index (χ2n) is 7.06. The number of fused-ring (bicyclic) bond motifs is 1. The number of carbonyl (C=O) groups is 2. The summed E-state index contributed by atoms with van der Waals surface area (Å²) in [5, 5.41) is 2.81. The summed E-state index contributed by atoms with van der Waals surface area (Å²) in [7, 11) is 0. The Kier molecular flexibility index (Phi) is 10.3. The molecule has 0 aliphatic carbocycles. The van der Waals surface area contributed by atoms with Crippen molar-refractivity contribution in [1.82, 2.24) is 5.32 Å². The molecule has 0 spiro atoms. The molecule has 2 fully saturated rings. The minimum absolute atomic E-state index is 0. The van der Waals surface area contributed by atoms with Gasteiger partial charge in [0.2, 0.25) is 11.7 Å². The molecule has 2 aliphatic heterocycles. The predicted octanol–water partition coefficient (Wildman–Crippen LogP) is -1.09. The van der Waals surface area contributed by atoms with Crippen LogP contribution >= 0.6 is 0 Å². The van der Waals surface area contributed by atoms with Crippen molar-refractivity contribution in [2.45, 2.75) is 77.7 Å².